The minimum atomic E-state index is -0.304. The van der Waals surface area contributed by atoms with Crippen molar-refractivity contribution >= 4 is 38.5 Å². The van der Waals surface area contributed by atoms with Crippen molar-refractivity contribution in [3.8, 4) is 0 Å². The smallest absolute Gasteiger partial charge is 0.251 e. The molecule has 21 heavy (non-hydrogen) atoms. The molecule has 0 fully saturated rings. The van der Waals surface area contributed by atoms with E-state index in [2.05, 4.69) is 21.2 Å². The van der Waals surface area contributed by atoms with Crippen molar-refractivity contribution in [3.05, 3.63) is 46.4 Å². The van der Waals surface area contributed by atoms with Gasteiger partial charge in [0, 0.05) is 23.0 Å². The SMILES string of the molecule is NC(=O)CCCCNC(=O)c1ccc2cc(Br)ccc2c1. The van der Waals surface area contributed by atoms with E-state index in [9.17, 15) is 9.59 Å². The molecule has 0 aliphatic rings. The van der Waals surface area contributed by atoms with E-state index in [1.54, 1.807) is 0 Å². The predicted molar refractivity (Wildman–Crippen MR) is 87.0 cm³/mol. The number of hydrogen-bond donors (Lipinski definition) is 2. The number of hydrogen-bond acceptors (Lipinski definition) is 2. The average molecular weight is 349 g/mol. The van der Waals surface area contributed by atoms with Gasteiger partial charge in [-0.3, -0.25) is 9.59 Å². The van der Waals surface area contributed by atoms with Gasteiger partial charge in [0.05, 0.1) is 0 Å². The van der Waals surface area contributed by atoms with Gasteiger partial charge in [-0.1, -0.05) is 28.1 Å². The van der Waals surface area contributed by atoms with Crippen LogP contribution in [0.1, 0.15) is 29.6 Å². The van der Waals surface area contributed by atoms with Gasteiger partial charge in [-0.15, -0.1) is 0 Å². The largest absolute Gasteiger partial charge is 0.370 e. The third-order valence-electron chi connectivity index (χ3n) is 3.20. The van der Waals surface area contributed by atoms with Gasteiger partial charge in [0.1, 0.15) is 0 Å². The Morgan fingerprint density at radius 3 is 2.52 bits per heavy atom. The van der Waals surface area contributed by atoms with Crippen LogP contribution in [0.4, 0.5) is 0 Å². The number of amides is 2. The molecule has 0 aliphatic heterocycles. The topological polar surface area (TPSA) is 72.2 Å². The molecule has 0 saturated carbocycles. The van der Waals surface area contributed by atoms with E-state index in [-0.39, 0.29) is 11.8 Å². The third kappa shape index (κ3) is 4.56. The Balaban J connectivity index is 1.93. The fourth-order valence-corrected chi connectivity index (χ4v) is 2.46. The highest BCUT2D eigenvalue weighted by Gasteiger charge is 2.06. The molecule has 0 aromatic heterocycles. The second-order valence-electron chi connectivity index (χ2n) is 4.89. The van der Waals surface area contributed by atoms with E-state index in [1.165, 1.54) is 0 Å². The zero-order chi connectivity index (χ0) is 15.2. The van der Waals surface area contributed by atoms with E-state index >= 15 is 0 Å². The molecule has 4 nitrogen and oxygen atoms in total. The molecule has 0 heterocycles. The lowest BCUT2D eigenvalue weighted by Gasteiger charge is -2.06. The molecule has 0 unspecified atom stereocenters. The molecule has 3 N–H and O–H groups in total. The van der Waals surface area contributed by atoms with Gasteiger partial charge in [0.2, 0.25) is 5.91 Å². The summed E-state index contributed by atoms with van der Waals surface area (Å²) in [5.41, 5.74) is 5.70. The maximum atomic E-state index is 12.0. The van der Waals surface area contributed by atoms with Crippen LogP contribution >= 0.6 is 15.9 Å². The first-order chi connectivity index (χ1) is 10.1. The molecule has 0 saturated heterocycles. The van der Waals surface area contributed by atoms with E-state index < -0.39 is 0 Å². The summed E-state index contributed by atoms with van der Waals surface area (Å²) in [5, 5.41) is 4.96. The van der Waals surface area contributed by atoms with Gasteiger partial charge >= 0.3 is 0 Å². The van der Waals surface area contributed by atoms with Gasteiger partial charge in [-0.2, -0.15) is 0 Å². The summed E-state index contributed by atoms with van der Waals surface area (Å²) in [6.45, 7) is 0.546. The number of fused-ring (bicyclic) bond motifs is 1. The first-order valence-corrected chi connectivity index (χ1v) is 7.61. The molecule has 2 aromatic rings. The molecule has 110 valence electrons. The number of halogens is 1. The summed E-state index contributed by atoms with van der Waals surface area (Å²) in [6, 6.07) is 11.6. The Kier molecular flexibility index (Phi) is 5.33. The number of rotatable bonds is 6. The van der Waals surface area contributed by atoms with E-state index in [1.807, 2.05) is 36.4 Å². The lowest BCUT2D eigenvalue weighted by Crippen LogP contribution is -2.24. The van der Waals surface area contributed by atoms with Gasteiger partial charge in [-0.25, -0.2) is 0 Å². The molecule has 0 aliphatic carbocycles. The van der Waals surface area contributed by atoms with Crippen LogP contribution in [-0.2, 0) is 4.79 Å². The maximum Gasteiger partial charge on any atom is 0.251 e. The highest BCUT2D eigenvalue weighted by Crippen LogP contribution is 2.20. The van der Waals surface area contributed by atoms with Crippen LogP contribution in [0, 0.1) is 0 Å². The quantitative estimate of drug-likeness (QED) is 0.787. The van der Waals surface area contributed by atoms with E-state index in [0.29, 0.717) is 24.9 Å². The van der Waals surface area contributed by atoms with Crippen LogP contribution in [0.5, 0.6) is 0 Å². The lowest BCUT2D eigenvalue weighted by molar-refractivity contribution is -0.118. The Labute approximate surface area is 131 Å². The van der Waals surface area contributed by atoms with Crippen molar-refractivity contribution in [2.24, 2.45) is 5.73 Å². The van der Waals surface area contributed by atoms with Gasteiger partial charge in [-0.05, 0) is 47.9 Å². The molecular weight excluding hydrogens is 332 g/mol. The molecule has 0 atom stereocenters. The Morgan fingerprint density at radius 1 is 1.05 bits per heavy atom. The predicted octanol–water partition coefficient (Wildman–Crippen LogP) is 2.99. The van der Waals surface area contributed by atoms with Crippen molar-refractivity contribution in [3.63, 3.8) is 0 Å². The van der Waals surface area contributed by atoms with Crippen molar-refractivity contribution in [1.29, 1.82) is 0 Å². The lowest BCUT2D eigenvalue weighted by atomic mass is 10.1. The molecule has 2 rings (SSSR count). The Morgan fingerprint density at radius 2 is 1.76 bits per heavy atom. The minimum Gasteiger partial charge on any atom is -0.370 e. The number of unbranched alkanes of at least 4 members (excludes halogenated alkanes) is 1. The fraction of sp³-hybridized carbons (Fsp3) is 0.250. The monoisotopic (exact) mass is 348 g/mol. The zero-order valence-electron chi connectivity index (χ0n) is 11.6. The van der Waals surface area contributed by atoms with Crippen LogP contribution in [0.2, 0.25) is 0 Å². The summed E-state index contributed by atoms with van der Waals surface area (Å²) >= 11 is 3.43. The number of carbonyl (C=O) groups is 2. The number of carbonyl (C=O) groups excluding carboxylic acids is 2. The maximum absolute atomic E-state index is 12.0. The van der Waals surface area contributed by atoms with Gasteiger partial charge in [0.25, 0.3) is 5.91 Å². The number of benzene rings is 2. The normalized spacial score (nSPS) is 10.5. The van der Waals surface area contributed by atoms with Crippen molar-refractivity contribution in [1.82, 2.24) is 5.32 Å². The van der Waals surface area contributed by atoms with Gasteiger partial charge in [0.15, 0.2) is 0 Å². The molecule has 0 radical (unpaired) electrons. The van der Waals surface area contributed by atoms with Crippen LogP contribution in [0.3, 0.4) is 0 Å². The molecule has 2 aromatic carbocycles. The average Bonchev–Trinajstić information content (AvgIpc) is 2.45. The minimum absolute atomic E-state index is 0.0982. The van der Waals surface area contributed by atoms with Gasteiger partial charge < -0.3 is 11.1 Å². The second-order valence-corrected chi connectivity index (χ2v) is 5.80. The first-order valence-electron chi connectivity index (χ1n) is 6.82. The van der Waals surface area contributed by atoms with Crippen LogP contribution < -0.4 is 11.1 Å². The Hall–Kier alpha value is -1.88. The summed E-state index contributed by atoms with van der Waals surface area (Å²) < 4.78 is 1.02. The number of primary amides is 1. The molecule has 0 bridgehead atoms. The van der Waals surface area contributed by atoms with Crippen LogP contribution in [0.15, 0.2) is 40.9 Å². The summed E-state index contributed by atoms with van der Waals surface area (Å²) in [6.07, 6.45) is 1.80. The third-order valence-corrected chi connectivity index (χ3v) is 3.69. The number of nitrogens with one attached hydrogen (secondary N) is 1. The van der Waals surface area contributed by atoms with Crippen LogP contribution in [0.25, 0.3) is 10.8 Å². The molecular formula is C16H17BrN2O2. The van der Waals surface area contributed by atoms with Crippen molar-refractivity contribution < 1.29 is 9.59 Å². The summed E-state index contributed by atoms with van der Waals surface area (Å²) in [5.74, 6) is -0.402. The van der Waals surface area contributed by atoms with E-state index in [0.717, 1.165) is 21.7 Å². The Bertz CT molecular complexity index is 670. The fourth-order valence-electron chi connectivity index (χ4n) is 2.09. The zero-order valence-corrected chi connectivity index (χ0v) is 13.2. The highest BCUT2D eigenvalue weighted by atomic mass is 79.9. The van der Waals surface area contributed by atoms with E-state index in [4.69, 9.17) is 5.73 Å². The van der Waals surface area contributed by atoms with Crippen LogP contribution in [-0.4, -0.2) is 18.4 Å². The second kappa shape index (κ2) is 7.22. The summed E-state index contributed by atoms with van der Waals surface area (Å²) in [7, 11) is 0. The first kappa shape index (κ1) is 15.5. The van der Waals surface area contributed by atoms with Crippen molar-refractivity contribution in [2.75, 3.05) is 6.54 Å². The highest BCUT2D eigenvalue weighted by molar-refractivity contribution is 9.10. The molecule has 0 spiro atoms. The number of nitrogens with two attached hydrogens (primary N) is 1. The molecule has 5 heteroatoms. The summed E-state index contributed by atoms with van der Waals surface area (Å²) in [4.78, 5) is 22.6. The van der Waals surface area contributed by atoms with Crippen molar-refractivity contribution in [2.45, 2.75) is 19.3 Å². The standard InChI is InChI=1S/C16H17BrN2O2/c17-14-7-6-11-9-13(5-4-12(11)10-14)16(21)19-8-2-1-3-15(18)20/h4-7,9-10H,1-3,8H2,(H2,18,20)(H,19,21). The molecule has 2 amide bonds.